The number of fused-ring (bicyclic) bond motifs is 1. The van der Waals surface area contributed by atoms with Gasteiger partial charge in [-0.3, -0.25) is 4.90 Å². The standard InChI is InChI=1S/C15H20N4O2.ClH/c16-12-4-1-3-10-7-19(8-11(10)12)9-14-17-15(18-21-14)13-5-2-6-20-13;/h2,5-6,10-12H,1,3-4,7-9,16H2;1H. The molecule has 3 unspecified atom stereocenters. The highest BCUT2D eigenvalue weighted by Crippen LogP contribution is 2.36. The number of furan rings is 1. The molecule has 2 aromatic rings. The zero-order valence-electron chi connectivity index (χ0n) is 12.4. The van der Waals surface area contributed by atoms with E-state index in [0.717, 1.165) is 25.4 Å². The van der Waals surface area contributed by atoms with Gasteiger partial charge in [-0.15, -0.1) is 12.4 Å². The minimum absolute atomic E-state index is 0. The van der Waals surface area contributed by atoms with Crippen LogP contribution in [0.5, 0.6) is 0 Å². The lowest BCUT2D eigenvalue weighted by Gasteiger charge is -2.29. The van der Waals surface area contributed by atoms with Gasteiger partial charge in [0.15, 0.2) is 5.76 Å². The van der Waals surface area contributed by atoms with Crippen LogP contribution in [0.1, 0.15) is 25.2 Å². The molecule has 3 atom stereocenters. The molecule has 0 aromatic carbocycles. The van der Waals surface area contributed by atoms with Gasteiger partial charge in [0.2, 0.25) is 11.7 Å². The molecule has 0 spiro atoms. The number of halogens is 1. The van der Waals surface area contributed by atoms with Crippen molar-refractivity contribution in [2.75, 3.05) is 13.1 Å². The minimum Gasteiger partial charge on any atom is -0.461 e. The summed E-state index contributed by atoms with van der Waals surface area (Å²) in [5.74, 6) is 3.17. The second-order valence-corrected chi connectivity index (χ2v) is 6.20. The maximum absolute atomic E-state index is 6.25. The number of hydrogen-bond acceptors (Lipinski definition) is 6. The van der Waals surface area contributed by atoms with Gasteiger partial charge in [0, 0.05) is 19.1 Å². The Morgan fingerprint density at radius 3 is 3.00 bits per heavy atom. The highest BCUT2D eigenvalue weighted by atomic mass is 35.5. The van der Waals surface area contributed by atoms with Gasteiger partial charge in [-0.25, -0.2) is 0 Å². The number of likely N-dealkylation sites (tertiary alicyclic amines) is 1. The van der Waals surface area contributed by atoms with E-state index in [-0.39, 0.29) is 12.4 Å². The van der Waals surface area contributed by atoms with E-state index in [4.69, 9.17) is 14.7 Å². The second kappa shape index (κ2) is 6.40. The van der Waals surface area contributed by atoms with Gasteiger partial charge >= 0.3 is 0 Å². The summed E-state index contributed by atoms with van der Waals surface area (Å²) in [5.41, 5.74) is 6.25. The molecule has 0 radical (unpaired) electrons. The Labute approximate surface area is 135 Å². The summed E-state index contributed by atoms with van der Waals surface area (Å²) in [6.07, 6.45) is 5.34. The SMILES string of the molecule is Cl.NC1CCCC2CN(Cc3nc(-c4ccco4)no3)CC12. The Balaban J connectivity index is 0.00000144. The summed E-state index contributed by atoms with van der Waals surface area (Å²) < 4.78 is 10.6. The average Bonchev–Trinajstić information content (AvgIpc) is 3.18. The molecule has 3 heterocycles. The van der Waals surface area contributed by atoms with E-state index in [0.29, 0.717) is 36.0 Å². The first-order chi connectivity index (χ1) is 10.3. The fourth-order valence-corrected chi connectivity index (χ4v) is 3.75. The van der Waals surface area contributed by atoms with E-state index in [1.165, 1.54) is 12.8 Å². The smallest absolute Gasteiger partial charge is 0.241 e. The van der Waals surface area contributed by atoms with Crippen molar-refractivity contribution in [1.82, 2.24) is 15.0 Å². The molecule has 2 N–H and O–H groups in total. The highest BCUT2D eigenvalue weighted by Gasteiger charge is 2.38. The Morgan fingerprint density at radius 2 is 2.23 bits per heavy atom. The fourth-order valence-electron chi connectivity index (χ4n) is 3.75. The molecule has 120 valence electrons. The van der Waals surface area contributed by atoms with E-state index in [2.05, 4.69) is 15.0 Å². The van der Waals surface area contributed by atoms with Gasteiger partial charge in [0.25, 0.3) is 0 Å². The van der Waals surface area contributed by atoms with Crippen molar-refractivity contribution in [3.8, 4) is 11.6 Å². The third kappa shape index (κ3) is 2.91. The van der Waals surface area contributed by atoms with E-state index in [1.807, 2.05) is 12.1 Å². The molecular weight excluding hydrogens is 304 g/mol. The summed E-state index contributed by atoms with van der Waals surface area (Å²) in [6, 6.07) is 4.01. The van der Waals surface area contributed by atoms with Gasteiger partial charge in [-0.2, -0.15) is 4.98 Å². The molecule has 0 bridgehead atoms. The van der Waals surface area contributed by atoms with Gasteiger partial charge in [-0.05, 0) is 36.8 Å². The molecule has 2 fully saturated rings. The number of aromatic nitrogens is 2. The number of rotatable bonds is 3. The molecule has 2 aliphatic rings. The van der Waals surface area contributed by atoms with Crippen LogP contribution in [0.15, 0.2) is 27.3 Å². The largest absolute Gasteiger partial charge is 0.461 e. The van der Waals surface area contributed by atoms with Crippen LogP contribution in [-0.2, 0) is 6.54 Å². The Kier molecular flexibility index (Phi) is 4.52. The number of nitrogens with two attached hydrogens (primary N) is 1. The average molecular weight is 325 g/mol. The maximum Gasteiger partial charge on any atom is 0.241 e. The van der Waals surface area contributed by atoms with E-state index < -0.39 is 0 Å². The van der Waals surface area contributed by atoms with Crippen molar-refractivity contribution < 1.29 is 8.94 Å². The zero-order valence-corrected chi connectivity index (χ0v) is 13.2. The van der Waals surface area contributed by atoms with Crippen LogP contribution in [0.4, 0.5) is 0 Å². The fraction of sp³-hybridized carbons (Fsp3) is 0.600. The van der Waals surface area contributed by atoms with Gasteiger partial charge < -0.3 is 14.7 Å². The van der Waals surface area contributed by atoms with Crippen molar-refractivity contribution in [2.45, 2.75) is 31.8 Å². The molecule has 7 heteroatoms. The third-order valence-corrected chi connectivity index (χ3v) is 4.80. The highest BCUT2D eigenvalue weighted by molar-refractivity contribution is 5.85. The quantitative estimate of drug-likeness (QED) is 0.933. The van der Waals surface area contributed by atoms with E-state index in [9.17, 15) is 0 Å². The lowest BCUT2D eigenvalue weighted by molar-refractivity contribution is 0.252. The number of hydrogen-bond donors (Lipinski definition) is 1. The lowest BCUT2D eigenvalue weighted by Crippen LogP contribution is -2.38. The van der Waals surface area contributed by atoms with Crippen LogP contribution in [0.25, 0.3) is 11.6 Å². The molecule has 22 heavy (non-hydrogen) atoms. The van der Waals surface area contributed by atoms with Gasteiger partial charge in [0.05, 0.1) is 12.8 Å². The predicted molar refractivity (Wildman–Crippen MR) is 83.3 cm³/mol. The topological polar surface area (TPSA) is 81.3 Å². The lowest BCUT2D eigenvalue weighted by atomic mass is 9.78. The maximum atomic E-state index is 6.25. The van der Waals surface area contributed by atoms with Crippen LogP contribution in [0.3, 0.4) is 0 Å². The Hall–Kier alpha value is -1.37. The van der Waals surface area contributed by atoms with Crippen LogP contribution in [0.2, 0.25) is 0 Å². The van der Waals surface area contributed by atoms with Gasteiger partial charge in [-0.1, -0.05) is 11.6 Å². The van der Waals surface area contributed by atoms with E-state index in [1.54, 1.807) is 6.26 Å². The first-order valence-electron chi connectivity index (χ1n) is 7.64. The Bertz CT molecular complexity index is 600. The van der Waals surface area contributed by atoms with Crippen LogP contribution in [-0.4, -0.2) is 34.2 Å². The van der Waals surface area contributed by atoms with Crippen molar-refractivity contribution in [3.05, 3.63) is 24.3 Å². The summed E-state index contributed by atoms with van der Waals surface area (Å²) in [4.78, 5) is 6.80. The first-order valence-corrected chi connectivity index (χ1v) is 7.64. The molecule has 2 aromatic heterocycles. The molecule has 1 aliphatic carbocycles. The molecular formula is C15H21ClN4O2. The zero-order chi connectivity index (χ0) is 14.2. The summed E-state index contributed by atoms with van der Waals surface area (Å²) in [5, 5.41) is 3.98. The van der Waals surface area contributed by atoms with Crippen molar-refractivity contribution in [3.63, 3.8) is 0 Å². The Morgan fingerprint density at radius 1 is 1.32 bits per heavy atom. The normalized spacial score (nSPS) is 28.3. The summed E-state index contributed by atoms with van der Waals surface area (Å²) >= 11 is 0. The monoisotopic (exact) mass is 324 g/mol. The van der Waals surface area contributed by atoms with Gasteiger partial charge in [0.1, 0.15) is 0 Å². The molecule has 4 rings (SSSR count). The minimum atomic E-state index is 0. The summed E-state index contributed by atoms with van der Waals surface area (Å²) in [6.45, 7) is 2.84. The van der Waals surface area contributed by atoms with E-state index >= 15 is 0 Å². The second-order valence-electron chi connectivity index (χ2n) is 6.20. The summed E-state index contributed by atoms with van der Waals surface area (Å²) in [7, 11) is 0. The molecule has 1 saturated carbocycles. The molecule has 1 aliphatic heterocycles. The third-order valence-electron chi connectivity index (χ3n) is 4.80. The van der Waals surface area contributed by atoms with Crippen LogP contribution >= 0.6 is 12.4 Å². The van der Waals surface area contributed by atoms with Crippen LogP contribution < -0.4 is 5.73 Å². The van der Waals surface area contributed by atoms with Crippen molar-refractivity contribution in [2.24, 2.45) is 17.6 Å². The van der Waals surface area contributed by atoms with Crippen molar-refractivity contribution in [1.29, 1.82) is 0 Å². The van der Waals surface area contributed by atoms with Crippen LogP contribution in [0, 0.1) is 11.8 Å². The molecule has 6 nitrogen and oxygen atoms in total. The first kappa shape index (κ1) is 15.5. The molecule has 1 saturated heterocycles. The predicted octanol–water partition coefficient (Wildman–Crippen LogP) is 2.31. The number of nitrogens with zero attached hydrogens (tertiary/aromatic N) is 3. The van der Waals surface area contributed by atoms with Crippen molar-refractivity contribution >= 4 is 12.4 Å². The molecule has 0 amide bonds.